The minimum Gasteiger partial charge on any atom is -0.327 e. The highest BCUT2D eigenvalue weighted by molar-refractivity contribution is 9.10. The fraction of sp³-hybridized carbons (Fsp3) is 0.333. The van der Waals surface area contributed by atoms with Gasteiger partial charge >= 0.3 is 0 Å². The minimum absolute atomic E-state index is 0.211. The van der Waals surface area contributed by atoms with Gasteiger partial charge in [-0.1, -0.05) is 58.4 Å². The van der Waals surface area contributed by atoms with Gasteiger partial charge in [0.2, 0.25) is 0 Å². The molecular weight excluding hydrogens is 324 g/mol. The molecule has 1 unspecified atom stereocenters. The molecule has 0 fully saturated rings. The first kappa shape index (κ1) is 16.2. The van der Waals surface area contributed by atoms with Crippen molar-refractivity contribution in [1.82, 2.24) is 4.90 Å². The predicted molar refractivity (Wildman–Crippen MR) is 93.2 cm³/mol. The Balaban J connectivity index is 1.75. The number of aryl methyl sites for hydroxylation is 1. The predicted octanol–water partition coefficient (Wildman–Crippen LogP) is 3.84. The van der Waals surface area contributed by atoms with Crippen LogP contribution in [0.4, 0.5) is 0 Å². The molecule has 0 amide bonds. The van der Waals surface area contributed by atoms with Gasteiger partial charge in [0.25, 0.3) is 0 Å². The van der Waals surface area contributed by atoms with Crippen LogP contribution >= 0.6 is 15.9 Å². The molecule has 2 N–H and O–H groups in total. The van der Waals surface area contributed by atoms with Gasteiger partial charge in [0.15, 0.2) is 0 Å². The smallest absolute Gasteiger partial charge is 0.0231 e. The molecule has 2 aromatic carbocycles. The molecule has 0 aliphatic carbocycles. The molecule has 3 heteroatoms. The maximum Gasteiger partial charge on any atom is 0.0231 e. The number of benzene rings is 2. The van der Waals surface area contributed by atoms with E-state index < -0.39 is 0 Å². The highest BCUT2D eigenvalue weighted by atomic mass is 79.9. The first-order chi connectivity index (χ1) is 10.1. The highest BCUT2D eigenvalue weighted by Crippen LogP contribution is 2.13. The van der Waals surface area contributed by atoms with E-state index in [9.17, 15) is 0 Å². The Hall–Kier alpha value is -1.16. The molecular formula is C18H23BrN2. The summed E-state index contributed by atoms with van der Waals surface area (Å²) in [7, 11) is 2.13. The third-order valence-electron chi connectivity index (χ3n) is 3.53. The molecule has 0 radical (unpaired) electrons. The van der Waals surface area contributed by atoms with Crippen molar-refractivity contribution in [1.29, 1.82) is 0 Å². The van der Waals surface area contributed by atoms with Gasteiger partial charge in [0.1, 0.15) is 0 Å². The molecule has 0 aliphatic rings. The average molecular weight is 347 g/mol. The summed E-state index contributed by atoms with van der Waals surface area (Å²) in [5.74, 6) is 0. The zero-order chi connectivity index (χ0) is 15.1. The Morgan fingerprint density at radius 1 is 1.05 bits per heavy atom. The van der Waals surface area contributed by atoms with Crippen LogP contribution in [0.1, 0.15) is 17.5 Å². The Kier molecular flexibility index (Phi) is 6.43. The molecule has 21 heavy (non-hydrogen) atoms. The van der Waals surface area contributed by atoms with E-state index in [1.165, 1.54) is 11.1 Å². The Morgan fingerprint density at radius 3 is 2.48 bits per heavy atom. The third-order valence-corrected chi connectivity index (χ3v) is 4.03. The molecule has 0 aliphatic heterocycles. The van der Waals surface area contributed by atoms with Gasteiger partial charge in [0.05, 0.1) is 0 Å². The average Bonchev–Trinajstić information content (AvgIpc) is 2.46. The van der Waals surface area contributed by atoms with Gasteiger partial charge in [-0.25, -0.2) is 0 Å². The van der Waals surface area contributed by atoms with Crippen molar-refractivity contribution >= 4 is 15.9 Å². The van der Waals surface area contributed by atoms with Crippen LogP contribution in [-0.2, 0) is 13.0 Å². The van der Waals surface area contributed by atoms with Crippen LogP contribution in [0.5, 0.6) is 0 Å². The van der Waals surface area contributed by atoms with Crippen LogP contribution in [0.15, 0.2) is 59.1 Å². The zero-order valence-electron chi connectivity index (χ0n) is 12.5. The fourth-order valence-electron chi connectivity index (χ4n) is 2.50. The summed E-state index contributed by atoms with van der Waals surface area (Å²) in [6, 6.07) is 19.2. The molecule has 0 aromatic heterocycles. The van der Waals surface area contributed by atoms with Gasteiger partial charge < -0.3 is 10.6 Å². The molecule has 2 nitrogen and oxygen atoms in total. The van der Waals surface area contributed by atoms with Crippen molar-refractivity contribution in [2.24, 2.45) is 5.73 Å². The van der Waals surface area contributed by atoms with E-state index in [4.69, 9.17) is 5.73 Å². The van der Waals surface area contributed by atoms with Crippen LogP contribution in [0, 0.1) is 0 Å². The zero-order valence-corrected chi connectivity index (χ0v) is 14.1. The lowest BCUT2D eigenvalue weighted by atomic mass is 10.1. The van der Waals surface area contributed by atoms with Gasteiger partial charge in [-0.05, 0) is 43.1 Å². The van der Waals surface area contributed by atoms with Gasteiger partial charge in [-0.2, -0.15) is 0 Å². The maximum atomic E-state index is 6.26. The van der Waals surface area contributed by atoms with Crippen LogP contribution in [-0.4, -0.2) is 24.5 Å². The molecule has 112 valence electrons. The number of hydrogen-bond donors (Lipinski definition) is 1. The Labute approximate surface area is 136 Å². The first-order valence-corrected chi connectivity index (χ1v) is 8.15. The second-order valence-corrected chi connectivity index (χ2v) is 6.53. The molecule has 2 rings (SSSR count). The van der Waals surface area contributed by atoms with Crippen molar-refractivity contribution in [2.75, 3.05) is 13.6 Å². The van der Waals surface area contributed by atoms with Crippen LogP contribution in [0.2, 0.25) is 0 Å². The second kappa shape index (κ2) is 8.32. The summed E-state index contributed by atoms with van der Waals surface area (Å²) >= 11 is 3.51. The minimum atomic E-state index is 0.211. The monoisotopic (exact) mass is 346 g/mol. The first-order valence-electron chi connectivity index (χ1n) is 7.36. The van der Waals surface area contributed by atoms with Crippen LogP contribution < -0.4 is 5.73 Å². The van der Waals surface area contributed by atoms with E-state index >= 15 is 0 Å². The lowest BCUT2D eigenvalue weighted by Gasteiger charge is -2.21. The number of hydrogen-bond acceptors (Lipinski definition) is 2. The lowest BCUT2D eigenvalue weighted by Crippen LogP contribution is -2.35. The van der Waals surface area contributed by atoms with E-state index in [1.807, 2.05) is 0 Å². The van der Waals surface area contributed by atoms with Gasteiger partial charge in [-0.3, -0.25) is 0 Å². The summed E-state index contributed by atoms with van der Waals surface area (Å²) in [5.41, 5.74) is 8.93. The third kappa shape index (κ3) is 6.00. The number of nitrogens with zero attached hydrogens (tertiary/aromatic N) is 1. The summed E-state index contributed by atoms with van der Waals surface area (Å²) in [4.78, 5) is 2.29. The largest absolute Gasteiger partial charge is 0.327 e. The van der Waals surface area contributed by atoms with Crippen LogP contribution in [0.25, 0.3) is 0 Å². The number of halogens is 1. The van der Waals surface area contributed by atoms with Crippen molar-refractivity contribution in [2.45, 2.75) is 25.4 Å². The molecule has 0 saturated heterocycles. The topological polar surface area (TPSA) is 29.3 Å². The second-order valence-electron chi connectivity index (χ2n) is 5.61. The summed E-state index contributed by atoms with van der Waals surface area (Å²) in [6.07, 6.45) is 2.07. The van der Waals surface area contributed by atoms with Crippen molar-refractivity contribution in [3.63, 3.8) is 0 Å². The highest BCUT2D eigenvalue weighted by Gasteiger charge is 2.08. The molecule has 2 aromatic rings. The maximum absolute atomic E-state index is 6.26. The van der Waals surface area contributed by atoms with E-state index in [0.717, 1.165) is 30.4 Å². The molecule has 0 saturated carbocycles. The summed E-state index contributed by atoms with van der Waals surface area (Å²) < 4.78 is 1.13. The Bertz CT molecular complexity index is 542. The number of rotatable bonds is 7. The fourth-order valence-corrected chi connectivity index (χ4v) is 2.95. The summed E-state index contributed by atoms with van der Waals surface area (Å²) in [5, 5.41) is 0. The van der Waals surface area contributed by atoms with Gasteiger partial charge in [-0.15, -0.1) is 0 Å². The van der Waals surface area contributed by atoms with E-state index in [-0.39, 0.29) is 6.04 Å². The number of nitrogens with two attached hydrogens (primary N) is 1. The SMILES string of the molecule is CN(Cc1cccc(Br)c1)CC(N)CCc1ccccc1. The number of likely N-dealkylation sites (N-methyl/N-ethyl adjacent to an activating group) is 1. The standard InChI is InChI=1S/C18H23BrN2/c1-21(13-16-8-5-9-17(19)12-16)14-18(20)11-10-15-6-3-2-4-7-15/h2-9,12,18H,10-11,13-14,20H2,1H3. The van der Waals surface area contributed by atoms with Crippen molar-refractivity contribution in [3.05, 3.63) is 70.2 Å². The molecule has 0 bridgehead atoms. The molecule has 1 atom stereocenters. The van der Waals surface area contributed by atoms with E-state index in [1.54, 1.807) is 0 Å². The van der Waals surface area contributed by atoms with Crippen LogP contribution in [0.3, 0.4) is 0 Å². The van der Waals surface area contributed by atoms with E-state index in [0.29, 0.717) is 0 Å². The normalized spacial score (nSPS) is 12.6. The van der Waals surface area contributed by atoms with E-state index in [2.05, 4.69) is 82.5 Å². The van der Waals surface area contributed by atoms with Crippen molar-refractivity contribution in [3.8, 4) is 0 Å². The quantitative estimate of drug-likeness (QED) is 0.825. The molecule has 0 spiro atoms. The summed E-state index contributed by atoms with van der Waals surface area (Å²) in [6.45, 7) is 1.85. The molecule has 0 heterocycles. The van der Waals surface area contributed by atoms with Crippen molar-refractivity contribution < 1.29 is 0 Å². The Morgan fingerprint density at radius 2 is 1.76 bits per heavy atom. The van der Waals surface area contributed by atoms with Gasteiger partial charge in [0, 0.05) is 23.6 Å². The lowest BCUT2D eigenvalue weighted by molar-refractivity contribution is 0.297.